The predicted octanol–water partition coefficient (Wildman–Crippen LogP) is 2.44. The second-order valence-electron chi connectivity index (χ2n) is 2.44. The molecule has 0 radical (unpaired) electrons. The van der Waals surface area contributed by atoms with Crippen LogP contribution in [0, 0.1) is 11.8 Å². The van der Waals surface area contributed by atoms with Crippen LogP contribution in [-0.4, -0.2) is 5.88 Å². The highest BCUT2D eigenvalue weighted by Gasteiger charge is 2.16. The Morgan fingerprint density at radius 2 is 2.50 bits per heavy atom. The van der Waals surface area contributed by atoms with Crippen LogP contribution in [0.3, 0.4) is 0 Å². The molecule has 1 aliphatic rings. The lowest BCUT2D eigenvalue weighted by atomic mass is 10.0. The molecule has 0 saturated carbocycles. The van der Waals surface area contributed by atoms with Gasteiger partial charge in [-0.1, -0.05) is 19.1 Å². The van der Waals surface area contributed by atoms with Gasteiger partial charge in [-0.25, -0.2) is 0 Å². The van der Waals surface area contributed by atoms with E-state index < -0.39 is 0 Å². The molecular weight excluding hydrogens is 120 g/mol. The highest BCUT2D eigenvalue weighted by Crippen LogP contribution is 2.24. The van der Waals surface area contributed by atoms with Crippen molar-refractivity contribution in [1.82, 2.24) is 0 Å². The van der Waals surface area contributed by atoms with Crippen molar-refractivity contribution in [3.05, 3.63) is 12.2 Å². The highest BCUT2D eigenvalue weighted by atomic mass is 35.5. The summed E-state index contributed by atoms with van der Waals surface area (Å²) in [4.78, 5) is 0. The Labute approximate surface area is 55.5 Å². The molecule has 0 aliphatic heterocycles. The van der Waals surface area contributed by atoms with E-state index in [2.05, 4.69) is 19.1 Å². The Bertz CT molecular complexity index is 96.6. The van der Waals surface area contributed by atoms with E-state index in [1.807, 2.05) is 0 Å². The van der Waals surface area contributed by atoms with Crippen LogP contribution >= 0.6 is 11.6 Å². The van der Waals surface area contributed by atoms with E-state index in [1.54, 1.807) is 0 Å². The number of allylic oxidation sites excluding steroid dienone is 2. The Morgan fingerprint density at radius 3 is 2.75 bits per heavy atom. The summed E-state index contributed by atoms with van der Waals surface area (Å²) >= 11 is 5.66. The first kappa shape index (κ1) is 6.15. The molecule has 2 unspecified atom stereocenters. The topological polar surface area (TPSA) is 0 Å². The fourth-order valence-corrected chi connectivity index (χ4v) is 1.45. The van der Waals surface area contributed by atoms with Gasteiger partial charge in [-0.15, -0.1) is 11.6 Å². The third-order valence-corrected chi connectivity index (χ3v) is 2.22. The molecule has 0 fully saturated rings. The normalized spacial score (nSPS) is 36.2. The predicted molar refractivity (Wildman–Crippen MR) is 37.1 cm³/mol. The minimum atomic E-state index is 0.715. The van der Waals surface area contributed by atoms with E-state index in [9.17, 15) is 0 Å². The lowest BCUT2D eigenvalue weighted by Crippen LogP contribution is -2.04. The zero-order valence-electron chi connectivity index (χ0n) is 5.10. The Hall–Kier alpha value is 0.0300. The molecule has 0 bridgehead atoms. The van der Waals surface area contributed by atoms with Gasteiger partial charge in [-0.2, -0.15) is 0 Å². The van der Waals surface area contributed by atoms with Gasteiger partial charge >= 0.3 is 0 Å². The largest absolute Gasteiger partial charge is 0.126 e. The summed E-state index contributed by atoms with van der Waals surface area (Å²) in [5, 5.41) is 0. The maximum atomic E-state index is 5.66. The first-order chi connectivity index (χ1) is 3.84. The van der Waals surface area contributed by atoms with Crippen LogP contribution in [0.4, 0.5) is 0 Å². The minimum Gasteiger partial charge on any atom is -0.126 e. The monoisotopic (exact) mass is 130 g/mol. The number of hydrogen-bond donors (Lipinski definition) is 0. The standard InChI is InChI=1S/C7H11Cl/c1-6-3-2-4-7(6)5-8/h2-3,6-7H,4-5H2,1H3. The van der Waals surface area contributed by atoms with Gasteiger partial charge in [0.15, 0.2) is 0 Å². The molecule has 0 aromatic rings. The number of alkyl halides is 1. The SMILES string of the molecule is CC1C=CCC1CCl. The summed E-state index contributed by atoms with van der Waals surface area (Å²) in [7, 11) is 0. The molecule has 0 amide bonds. The second-order valence-corrected chi connectivity index (χ2v) is 2.75. The van der Waals surface area contributed by atoms with Gasteiger partial charge in [0.2, 0.25) is 0 Å². The van der Waals surface area contributed by atoms with Gasteiger partial charge < -0.3 is 0 Å². The summed E-state index contributed by atoms with van der Waals surface area (Å²) in [6.45, 7) is 2.22. The zero-order chi connectivity index (χ0) is 5.98. The van der Waals surface area contributed by atoms with Gasteiger partial charge in [0.05, 0.1) is 0 Å². The van der Waals surface area contributed by atoms with Crippen molar-refractivity contribution < 1.29 is 0 Å². The fraction of sp³-hybridized carbons (Fsp3) is 0.714. The molecule has 0 N–H and O–H groups in total. The lowest BCUT2D eigenvalue weighted by molar-refractivity contribution is 0.504. The van der Waals surface area contributed by atoms with Crippen molar-refractivity contribution >= 4 is 11.6 Å². The van der Waals surface area contributed by atoms with Crippen LogP contribution in [-0.2, 0) is 0 Å². The molecule has 8 heavy (non-hydrogen) atoms. The molecule has 0 heterocycles. The maximum Gasteiger partial charge on any atom is 0.0260 e. The molecule has 1 rings (SSSR count). The summed E-state index contributed by atoms with van der Waals surface area (Å²) in [6.07, 6.45) is 5.65. The van der Waals surface area contributed by atoms with Crippen molar-refractivity contribution in [2.45, 2.75) is 13.3 Å². The van der Waals surface area contributed by atoms with Crippen molar-refractivity contribution in [3.8, 4) is 0 Å². The van der Waals surface area contributed by atoms with Gasteiger partial charge in [-0.3, -0.25) is 0 Å². The maximum absolute atomic E-state index is 5.66. The third kappa shape index (κ3) is 1.05. The van der Waals surface area contributed by atoms with Crippen molar-refractivity contribution in [2.75, 3.05) is 5.88 Å². The van der Waals surface area contributed by atoms with Crippen LogP contribution in [0.25, 0.3) is 0 Å². The Kier molecular flexibility index (Phi) is 1.95. The van der Waals surface area contributed by atoms with E-state index in [0.717, 1.165) is 11.8 Å². The third-order valence-electron chi connectivity index (χ3n) is 1.82. The van der Waals surface area contributed by atoms with Gasteiger partial charge in [0.25, 0.3) is 0 Å². The van der Waals surface area contributed by atoms with E-state index >= 15 is 0 Å². The van der Waals surface area contributed by atoms with E-state index in [0.29, 0.717) is 5.92 Å². The molecule has 0 spiro atoms. The average Bonchev–Trinajstić information content (AvgIpc) is 2.14. The summed E-state index contributed by atoms with van der Waals surface area (Å²) in [5.74, 6) is 2.25. The van der Waals surface area contributed by atoms with Crippen molar-refractivity contribution in [2.24, 2.45) is 11.8 Å². The average molecular weight is 131 g/mol. The molecule has 1 aliphatic carbocycles. The zero-order valence-corrected chi connectivity index (χ0v) is 5.86. The lowest BCUT2D eigenvalue weighted by Gasteiger charge is -2.08. The summed E-state index contributed by atoms with van der Waals surface area (Å²) < 4.78 is 0. The van der Waals surface area contributed by atoms with Gasteiger partial charge in [0.1, 0.15) is 0 Å². The smallest absolute Gasteiger partial charge is 0.0260 e. The first-order valence-corrected chi connectivity index (χ1v) is 3.60. The van der Waals surface area contributed by atoms with Crippen LogP contribution in [0.1, 0.15) is 13.3 Å². The quantitative estimate of drug-likeness (QED) is 0.378. The van der Waals surface area contributed by atoms with Crippen molar-refractivity contribution in [3.63, 3.8) is 0 Å². The van der Waals surface area contributed by atoms with Gasteiger partial charge in [0, 0.05) is 5.88 Å². The molecule has 46 valence electrons. The Balaban J connectivity index is 2.38. The molecule has 0 aromatic carbocycles. The molecule has 0 nitrogen and oxygen atoms in total. The molecular formula is C7H11Cl. The second kappa shape index (κ2) is 2.54. The number of hydrogen-bond acceptors (Lipinski definition) is 0. The molecule has 0 saturated heterocycles. The van der Waals surface area contributed by atoms with E-state index in [4.69, 9.17) is 11.6 Å². The van der Waals surface area contributed by atoms with E-state index in [1.165, 1.54) is 6.42 Å². The number of rotatable bonds is 1. The van der Waals surface area contributed by atoms with Crippen LogP contribution in [0.5, 0.6) is 0 Å². The molecule has 2 atom stereocenters. The molecule has 1 heteroatoms. The van der Waals surface area contributed by atoms with Gasteiger partial charge in [-0.05, 0) is 18.3 Å². The van der Waals surface area contributed by atoms with Crippen LogP contribution in [0.15, 0.2) is 12.2 Å². The minimum absolute atomic E-state index is 0.715. The fourth-order valence-electron chi connectivity index (χ4n) is 1.04. The summed E-state index contributed by atoms with van der Waals surface area (Å²) in [5.41, 5.74) is 0. The summed E-state index contributed by atoms with van der Waals surface area (Å²) in [6, 6.07) is 0. The number of halogens is 1. The van der Waals surface area contributed by atoms with Crippen LogP contribution in [0.2, 0.25) is 0 Å². The van der Waals surface area contributed by atoms with E-state index in [-0.39, 0.29) is 0 Å². The Morgan fingerprint density at radius 1 is 1.75 bits per heavy atom. The van der Waals surface area contributed by atoms with Crippen molar-refractivity contribution in [1.29, 1.82) is 0 Å². The van der Waals surface area contributed by atoms with Crippen LogP contribution < -0.4 is 0 Å². The molecule has 0 aromatic heterocycles. The first-order valence-electron chi connectivity index (χ1n) is 3.07. The highest BCUT2D eigenvalue weighted by molar-refractivity contribution is 6.18.